The Hall–Kier alpha value is -3.99. The van der Waals surface area contributed by atoms with E-state index in [0.29, 0.717) is 0 Å². The van der Waals surface area contributed by atoms with Gasteiger partial charge in [0.25, 0.3) is 0 Å². The molecular formula is C38H49N7O3. The number of anilines is 1. The fraction of sp³-hybridized carbons (Fsp3) is 0.500. The molecule has 10 nitrogen and oxygen atoms in total. The van der Waals surface area contributed by atoms with E-state index in [1.807, 2.05) is 30.5 Å². The molecule has 2 aromatic heterocycles. The number of carbonyl (C=O) groups excluding carboxylic acids is 1. The first-order valence-corrected chi connectivity index (χ1v) is 17.4. The minimum Gasteiger partial charge on any atom is -0.484 e. The lowest BCUT2D eigenvalue weighted by Gasteiger charge is -2.33. The highest BCUT2D eigenvalue weighted by Gasteiger charge is 2.40. The highest BCUT2D eigenvalue weighted by Crippen LogP contribution is 2.40. The van der Waals surface area contributed by atoms with Crippen molar-refractivity contribution in [3.8, 4) is 5.75 Å². The minimum atomic E-state index is -0.195. The van der Waals surface area contributed by atoms with Gasteiger partial charge in [0.15, 0.2) is 11.5 Å². The highest BCUT2D eigenvalue weighted by molar-refractivity contribution is 5.90. The molecule has 4 aromatic rings. The molecule has 254 valence electrons. The summed E-state index contributed by atoms with van der Waals surface area (Å²) in [7, 11) is 2.16. The van der Waals surface area contributed by atoms with Gasteiger partial charge in [-0.2, -0.15) is 0 Å². The van der Waals surface area contributed by atoms with Gasteiger partial charge in [0.1, 0.15) is 11.9 Å². The van der Waals surface area contributed by atoms with E-state index in [2.05, 4.69) is 100 Å². The van der Waals surface area contributed by atoms with Crippen LogP contribution >= 0.6 is 0 Å². The number of morpholine rings is 1. The molecule has 0 saturated carbocycles. The molecule has 0 bridgehead atoms. The molecule has 3 aliphatic rings. The zero-order valence-corrected chi connectivity index (χ0v) is 29.0. The average molecular weight is 652 g/mol. The number of rotatable bonds is 7. The van der Waals surface area contributed by atoms with Crippen LogP contribution in [0, 0.1) is 0 Å². The van der Waals surface area contributed by atoms with E-state index in [-0.39, 0.29) is 29.1 Å². The maximum atomic E-state index is 13.7. The van der Waals surface area contributed by atoms with Gasteiger partial charge in [-0.1, -0.05) is 57.2 Å². The Balaban J connectivity index is 1.08. The highest BCUT2D eigenvalue weighted by atomic mass is 16.5. The van der Waals surface area contributed by atoms with Crippen LogP contribution in [0.25, 0.3) is 5.65 Å². The van der Waals surface area contributed by atoms with E-state index in [1.54, 1.807) is 0 Å². The Morgan fingerprint density at radius 1 is 1.02 bits per heavy atom. The van der Waals surface area contributed by atoms with Crippen molar-refractivity contribution in [2.75, 3.05) is 45.2 Å². The van der Waals surface area contributed by atoms with E-state index >= 15 is 0 Å². The summed E-state index contributed by atoms with van der Waals surface area (Å²) < 4.78 is 14.3. The van der Waals surface area contributed by atoms with Crippen molar-refractivity contribution in [2.45, 2.75) is 83.0 Å². The average Bonchev–Trinajstić information content (AvgIpc) is 3.65. The molecule has 2 aliphatic heterocycles. The molecule has 10 heteroatoms. The van der Waals surface area contributed by atoms with Gasteiger partial charge >= 0.3 is 6.03 Å². The number of aromatic nitrogens is 3. The van der Waals surface area contributed by atoms with Gasteiger partial charge in [-0.15, -0.1) is 10.2 Å². The van der Waals surface area contributed by atoms with Crippen molar-refractivity contribution in [2.24, 2.45) is 0 Å². The lowest BCUT2D eigenvalue weighted by atomic mass is 9.85. The van der Waals surface area contributed by atoms with Crippen molar-refractivity contribution in [3.05, 3.63) is 88.9 Å². The van der Waals surface area contributed by atoms with Gasteiger partial charge in [0.05, 0.1) is 31.0 Å². The van der Waals surface area contributed by atoms with Crippen molar-refractivity contribution in [1.29, 1.82) is 0 Å². The van der Waals surface area contributed by atoms with Crippen LogP contribution in [0.3, 0.4) is 0 Å². The van der Waals surface area contributed by atoms with Gasteiger partial charge in [0.2, 0.25) is 0 Å². The molecular weight excluding hydrogens is 602 g/mol. The maximum Gasteiger partial charge on any atom is 0.319 e. The van der Waals surface area contributed by atoms with Crippen molar-refractivity contribution < 1.29 is 14.3 Å². The molecule has 4 heterocycles. The normalized spacial score (nSPS) is 23.6. The summed E-state index contributed by atoms with van der Waals surface area (Å²) in [6.07, 6.45) is 5.63. The number of likely N-dealkylation sites (tertiary alicyclic amines) is 1. The number of ether oxygens (including phenoxy) is 2. The van der Waals surface area contributed by atoms with Crippen LogP contribution in [0.15, 0.2) is 60.8 Å². The van der Waals surface area contributed by atoms with Gasteiger partial charge in [-0.3, -0.25) is 14.2 Å². The number of nitrogens with zero attached hydrogens (tertiary/aromatic N) is 5. The van der Waals surface area contributed by atoms with E-state index in [1.165, 1.54) is 5.56 Å². The van der Waals surface area contributed by atoms with Gasteiger partial charge < -0.3 is 20.1 Å². The Morgan fingerprint density at radius 2 is 1.81 bits per heavy atom. The molecule has 2 N–H and O–H groups in total. The molecule has 48 heavy (non-hydrogen) atoms. The molecule has 2 saturated heterocycles. The molecule has 1 unspecified atom stereocenters. The third-order valence-electron chi connectivity index (χ3n) is 10.6. The van der Waals surface area contributed by atoms with E-state index in [0.717, 1.165) is 105 Å². The van der Waals surface area contributed by atoms with Gasteiger partial charge in [-0.25, -0.2) is 4.79 Å². The molecule has 3 atom stereocenters. The summed E-state index contributed by atoms with van der Waals surface area (Å²) in [5, 5.41) is 15.6. The van der Waals surface area contributed by atoms with Crippen LogP contribution < -0.4 is 15.4 Å². The van der Waals surface area contributed by atoms with E-state index < -0.39 is 0 Å². The third kappa shape index (κ3) is 6.53. The molecule has 7 rings (SSSR count). The zero-order valence-electron chi connectivity index (χ0n) is 29.0. The predicted octanol–water partition coefficient (Wildman–Crippen LogP) is 6.58. The largest absolute Gasteiger partial charge is 0.484 e. The smallest absolute Gasteiger partial charge is 0.319 e. The second-order valence-corrected chi connectivity index (χ2v) is 14.9. The number of pyridine rings is 1. The van der Waals surface area contributed by atoms with Crippen LogP contribution in [0.5, 0.6) is 5.75 Å². The van der Waals surface area contributed by atoms with Crippen LogP contribution in [0.1, 0.15) is 93.6 Å². The number of nitrogens with one attached hydrogen (secondary N) is 2. The number of amides is 2. The number of carbonyl (C=O) groups is 1. The molecule has 2 amide bonds. The van der Waals surface area contributed by atoms with Crippen molar-refractivity contribution >= 4 is 17.4 Å². The predicted molar refractivity (Wildman–Crippen MR) is 187 cm³/mol. The van der Waals surface area contributed by atoms with Gasteiger partial charge in [0, 0.05) is 25.3 Å². The minimum absolute atomic E-state index is 0.0347. The maximum absolute atomic E-state index is 13.7. The summed E-state index contributed by atoms with van der Waals surface area (Å²) in [5.74, 6) is 1.73. The first kappa shape index (κ1) is 32.6. The Bertz CT molecular complexity index is 1780. The molecule has 0 spiro atoms. The monoisotopic (exact) mass is 651 g/mol. The SMILES string of the molecule is CN1CCCC1(C)c1nnc2ccc(O[C@@H]3CC[C@H](NC(=O)Nc4cc(C(C)(C)C)ccc4CN4CCOCC4)c4ccccc43)cn12. The van der Waals surface area contributed by atoms with Crippen LogP contribution in [-0.4, -0.2) is 70.3 Å². The summed E-state index contributed by atoms with van der Waals surface area (Å²) in [5.41, 5.74) is 5.97. The molecule has 2 aromatic carbocycles. The Morgan fingerprint density at radius 3 is 2.56 bits per heavy atom. The number of benzene rings is 2. The molecule has 1 aliphatic carbocycles. The lowest BCUT2D eigenvalue weighted by molar-refractivity contribution is 0.0342. The topological polar surface area (TPSA) is 96.3 Å². The van der Waals surface area contributed by atoms with Crippen LogP contribution in [-0.2, 0) is 22.2 Å². The standard InChI is InChI=1S/C38H49N7O3/c1-37(2,3)27-12-11-26(24-44-19-21-47-22-20-44)32(23-27)40-36(46)39-31-14-15-33(30-10-7-6-9-29(30)31)48-28-13-16-34-41-42-35(45(34)25-28)38(4)17-8-18-43(38)5/h6-7,9-13,16,23,25,31,33H,8,14-15,17-22,24H2,1-5H3,(H2,39,40,46)/t31-,33+,38?/m0/s1. The van der Waals surface area contributed by atoms with Crippen LogP contribution in [0.4, 0.5) is 10.5 Å². The van der Waals surface area contributed by atoms with E-state index in [4.69, 9.17) is 9.47 Å². The summed E-state index contributed by atoms with van der Waals surface area (Å²) in [6, 6.07) is 18.4. The number of urea groups is 1. The zero-order chi connectivity index (χ0) is 33.5. The summed E-state index contributed by atoms with van der Waals surface area (Å²) in [4.78, 5) is 18.4. The third-order valence-corrected chi connectivity index (χ3v) is 10.6. The number of fused-ring (bicyclic) bond motifs is 2. The van der Waals surface area contributed by atoms with Crippen molar-refractivity contribution in [3.63, 3.8) is 0 Å². The first-order chi connectivity index (χ1) is 23.1. The Kier molecular flexibility index (Phi) is 8.91. The lowest BCUT2D eigenvalue weighted by Crippen LogP contribution is -2.37. The fourth-order valence-corrected chi connectivity index (χ4v) is 7.49. The second-order valence-electron chi connectivity index (χ2n) is 14.9. The quantitative estimate of drug-likeness (QED) is 0.233. The summed E-state index contributed by atoms with van der Waals surface area (Å²) >= 11 is 0. The van der Waals surface area contributed by atoms with E-state index in [9.17, 15) is 4.79 Å². The first-order valence-electron chi connectivity index (χ1n) is 17.4. The summed E-state index contributed by atoms with van der Waals surface area (Å²) in [6.45, 7) is 13.9. The van der Waals surface area contributed by atoms with Crippen LogP contribution in [0.2, 0.25) is 0 Å². The second kappa shape index (κ2) is 13.1. The molecule has 0 radical (unpaired) electrons. The van der Waals surface area contributed by atoms with Crippen molar-refractivity contribution in [1.82, 2.24) is 29.7 Å². The van der Waals surface area contributed by atoms with Gasteiger partial charge in [-0.05, 0) is 92.1 Å². The number of hydrogen-bond acceptors (Lipinski definition) is 7. The Labute approximate surface area is 283 Å². The number of hydrogen-bond donors (Lipinski definition) is 2. The molecule has 2 fully saturated rings. The fourth-order valence-electron chi connectivity index (χ4n) is 7.49.